The molecule has 1 saturated heterocycles. The zero-order chi connectivity index (χ0) is 21.1. The van der Waals surface area contributed by atoms with Crippen LogP contribution in [-0.2, 0) is 24.3 Å². The maximum atomic E-state index is 13.2. The molecule has 0 bridgehead atoms. The Morgan fingerprint density at radius 1 is 1.32 bits per heavy atom. The predicted octanol–water partition coefficient (Wildman–Crippen LogP) is 2.60. The van der Waals surface area contributed by atoms with Crippen molar-refractivity contribution in [3.8, 4) is 0 Å². The first kappa shape index (κ1) is 22.5. The Bertz CT molecular complexity index is 835. The Kier molecular flexibility index (Phi) is 7.33. The number of hydrogen-bond donors (Lipinski definition) is 0. The maximum absolute atomic E-state index is 13.2. The maximum Gasteiger partial charge on any atom is 0.308 e. The van der Waals surface area contributed by atoms with E-state index in [4.69, 9.17) is 16.3 Å². The van der Waals surface area contributed by atoms with Crippen molar-refractivity contribution in [1.29, 1.82) is 0 Å². The lowest BCUT2D eigenvalue weighted by Gasteiger charge is -2.37. The summed E-state index contributed by atoms with van der Waals surface area (Å²) < 4.78 is 31.0. The summed E-state index contributed by atoms with van der Waals surface area (Å²) in [5, 5.41) is 0.437. The zero-order valence-electron chi connectivity index (χ0n) is 16.6. The second kappa shape index (κ2) is 9.13. The van der Waals surface area contributed by atoms with Crippen LogP contribution >= 0.6 is 11.6 Å². The molecule has 1 heterocycles. The van der Waals surface area contributed by atoms with Gasteiger partial charge in [0, 0.05) is 18.1 Å². The van der Waals surface area contributed by atoms with Crippen molar-refractivity contribution in [2.75, 3.05) is 30.8 Å². The monoisotopic (exact) mass is 430 g/mol. The first-order chi connectivity index (χ1) is 13.1. The van der Waals surface area contributed by atoms with Gasteiger partial charge in [0.25, 0.3) is 0 Å². The van der Waals surface area contributed by atoms with Crippen LogP contribution in [-0.4, -0.2) is 57.7 Å². The van der Waals surface area contributed by atoms with E-state index in [2.05, 4.69) is 0 Å². The third-order valence-electron chi connectivity index (χ3n) is 5.06. The summed E-state index contributed by atoms with van der Waals surface area (Å²) in [6.07, 6.45) is 2.41. The molecule has 0 unspecified atom stereocenters. The minimum atomic E-state index is -3.72. The van der Waals surface area contributed by atoms with Crippen molar-refractivity contribution < 1.29 is 22.7 Å². The van der Waals surface area contributed by atoms with Gasteiger partial charge in [-0.25, -0.2) is 8.42 Å². The molecule has 1 aliphatic heterocycles. The van der Waals surface area contributed by atoms with Crippen molar-refractivity contribution >= 4 is 39.2 Å². The van der Waals surface area contributed by atoms with Crippen molar-refractivity contribution in [2.45, 2.75) is 39.2 Å². The highest BCUT2D eigenvalue weighted by atomic mass is 35.5. The number of nitrogens with zero attached hydrogens (tertiary/aromatic N) is 2. The summed E-state index contributed by atoms with van der Waals surface area (Å²) in [4.78, 5) is 26.5. The van der Waals surface area contributed by atoms with Gasteiger partial charge in [0.1, 0.15) is 6.04 Å². The smallest absolute Gasteiger partial charge is 0.308 e. The Labute approximate surface area is 171 Å². The summed E-state index contributed by atoms with van der Waals surface area (Å²) >= 11 is 6.18. The summed E-state index contributed by atoms with van der Waals surface area (Å²) in [6.45, 7) is 4.38. The topological polar surface area (TPSA) is 84.0 Å². The molecule has 1 atom stereocenters. The molecular weight excluding hydrogens is 404 g/mol. The molecule has 0 aromatic heterocycles. The molecule has 0 N–H and O–H groups in total. The second-order valence-corrected chi connectivity index (χ2v) is 9.31. The Hall–Kier alpha value is -1.80. The number of ether oxygens (including phenoxy) is 1. The third kappa shape index (κ3) is 4.97. The number of methoxy groups -OCH3 is 1. The number of benzene rings is 1. The number of esters is 1. The fourth-order valence-electron chi connectivity index (χ4n) is 3.48. The highest BCUT2D eigenvalue weighted by molar-refractivity contribution is 7.92. The lowest BCUT2D eigenvalue weighted by molar-refractivity contribution is -0.149. The average molecular weight is 431 g/mol. The summed E-state index contributed by atoms with van der Waals surface area (Å²) in [5.74, 6) is -0.768. The van der Waals surface area contributed by atoms with Gasteiger partial charge in [0.05, 0.1) is 25.0 Å². The quantitative estimate of drug-likeness (QED) is 0.647. The first-order valence-corrected chi connectivity index (χ1v) is 11.4. The van der Waals surface area contributed by atoms with Gasteiger partial charge < -0.3 is 9.64 Å². The van der Waals surface area contributed by atoms with Crippen molar-refractivity contribution in [2.24, 2.45) is 5.92 Å². The predicted molar refractivity (Wildman–Crippen MR) is 109 cm³/mol. The number of carbonyl (C=O) groups excluding carboxylic acids is 2. The van der Waals surface area contributed by atoms with Crippen molar-refractivity contribution in [3.05, 3.63) is 28.8 Å². The van der Waals surface area contributed by atoms with Crippen LogP contribution in [0.4, 0.5) is 5.69 Å². The van der Waals surface area contributed by atoms with E-state index in [-0.39, 0.29) is 17.8 Å². The molecule has 9 heteroatoms. The largest absolute Gasteiger partial charge is 0.469 e. The number of piperidine rings is 1. The van der Waals surface area contributed by atoms with Gasteiger partial charge in [-0.05, 0) is 43.9 Å². The van der Waals surface area contributed by atoms with E-state index in [0.29, 0.717) is 43.1 Å². The van der Waals surface area contributed by atoms with Crippen LogP contribution in [0.2, 0.25) is 5.02 Å². The molecule has 1 fully saturated rings. The van der Waals surface area contributed by atoms with Gasteiger partial charge >= 0.3 is 5.97 Å². The highest BCUT2D eigenvalue weighted by Crippen LogP contribution is 2.29. The van der Waals surface area contributed by atoms with E-state index >= 15 is 0 Å². The molecular formula is C19H27ClN2O5S. The van der Waals surface area contributed by atoms with E-state index in [0.717, 1.165) is 16.1 Å². The minimum Gasteiger partial charge on any atom is -0.469 e. The van der Waals surface area contributed by atoms with E-state index in [1.54, 1.807) is 30.0 Å². The van der Waals surface area contributed by atoms with E-state index in [1.807, 2.05) is 6.92 Å². The molecule has 1 aromatic carbocycles. The molecule has 0 spiro atoms. The third-order valence-corrected chi connectivity index (χ3v) is 6.65. The normalized spacial score (nSPS) is 16.5. The lowest BCUT2D eigenvalue weighted by Crippen LogP contribution is -2.52. The van der Waals surface area contributed by atoms with Gasteiger partial charge in [-0.2, -0.15) is 0 Å². The second-order valence-electron chi connectivity index (χ2n) is 7.04. The van der Waals surface area contributed by atoms with Crippen molar-refractivity contribution in [1.82, 2.24) is 4.90 Å². The zero-order valence-corrected chi connectivity index (χ0v) is 18.2. The van der Waals surface area contributed by atoms with Gasteiger partial charge in [-0.3, -0.25) is 13.9 Å². The van der Waals surface area contributed by atoms with Gasteiger partial charge in [0.15, 0.2) is 0 Å². The molecule has 7 nitrogen and oxygen atoms in total. The van der Waals surface area contributed by atoms with Gasteiger partial charge in [-0.15, -0.1) is 0 Å². The molecule has 1 amide bonds. The summed E-state index contributed by atoms with van der Waals surface area (Å²) in [7, 11) is -2.37. The molecule has 1 aliphatic rings. The van der Waals surface area contributed by atoms with E-state index < -0.39 is 16.1 Å². The molecule has 28 heavy (non-hydrogen) atoms. The number of sulfonamides is 1. The molecule has 1 aromatic rings. The minimum absolute atomic E-state index is 0.226. The number of halogens is 1. The van der Waals surface area contributed by atoms with Crippen molar-refractivity contribution in [3.63, 3.8) is 0 Å². The Morgan fingerprint density at radius 2 is 1.93 bits per heavy atom. The molecule has 0 radical (unpaired) electrons. The SMILES string of the molecule is CC[C@H](C(=O)N1CCC(C(=O)OC)CC1)N(c1ccc(C)c(Cl)c1)S(C)(=O)=O. The van der Waals surface area contributed by atoms with Crippen LogP contribution in [0.1, 0.15) is 31.7 Å². The fourth-order valence-corrected chi connectivity index (χ4v) is 4.85. The highest BCUT2D eigenvalue weighted by Gasteiger charge is 2.36. The van der Waals surface area contributed by atoms with Gasteiger partial charge in [-0.1, -0.05) is 24.6 Å². The number of anilines is 1. The van der Waals surface area contributed by atoms with Gasteiger partial charge in [0.2, 0.25) is 15.9 Å². The van der Waals surface area contributed by atoms with Crippen LogP contribution in [0.3, 0.4) is 0 Å². The van der Waals surface area contributed by atoms with E-state index in [1.165, 1.54) is 7.11 Å². The molecule has 0 aliphatic carbocycles. The first-order valence-electron chi connectivity index (χ1n) is 9.22. The van der Waals surface area contributed by atoms with Crippen LogP contribution < -0.4 is 4.31 Å². The van der Waals surface area contributed by atoms with Crippen LogP contribution in [0.25, 0.3) is 0 Å². The number of carbonyl (C=O) groups is 2. The number of rotatable bonds is 6. The van der Waals surface area contributed by atoms with Crippen LogP contribution in [0.5, 0.6) is 0 Å². The Balaban J connectivity index is 2.28. The molecule has 2 rings (SSSR count). The molecule has 0 saturated carbocycles. The number of amides is 1. The Morgan fingerprint density at radius 3 is 2.39 bits per heavy atom. The fraction of sp³-hybridized carbons (Fsp3) is 0.579. The number of aryl methyl sites for hydroxylation is 1. The lowest BCUT2D eigenvalue weighted by atomic mass is 9.96. The summed E-state index contributed by atoms with van der Waals surface area (Å²) in [6, 6.07) is 4.08. The van der Waals surface area contributed by atoms with E-state index in [9.17, 15) is 18.0 Å². The average Bonchev–Trinajstić information content (AvgIpc) is 2.66. The number of hydrogen-bond acceptors (Lipinski definition) is 5. The number of likely N-dealkylation sites (tertiary alicyclic amines) is 1. The van der Waals surface area contributed by atoms with Crippen LogP contribution in [0, 0.1) is 12.8 Å². The summed E-state index contributed by atoms with van der Waals surface area (Å²) in [5.41, 5.74) is 1.19. The molecule has 156 valence electrons. The van der Waals surface area contributed by atoms with Crippen LogP contribution in [0.15, 0.2) is 18.2 Å². The standard InChI is InChI=1S/C19H27ClN2O5S/c1-5-17(18(23)21-10-8-14(9-11-21)19(24)27-3)22(28(4,25)26)15-7-6-13(2)16(20)12-15/h6-7,12,14,17H,5,8-11H2,1-4H3/t17-/m1/s1.